The van der Waals surface area contributed by atoms with Gasteiger partial charge in [-0.15, -0.1) is 0 Å². The van der Waals surface area contributed by atoms with Crippen molar-refractivity contribution in [2.24, 2.45) is 0 Å². The smallest absolute Gasteiger partial charge is 0.340 e. The number of aromatic carboxylic acids is 1. The summed E-state index contributed by atoms with van der Waals surface area (Å²) >= 11 is 0. The molecule has 0 amide bonds. The number of carboxylic acids is 1. The topological polar surface area (TPSA) is 61.1 Å². The predicted molar refractivity (Wildman–Crippen MR) is 38.0 cm³/mol. The summed E-state index contributed by atoms with van der Waals surface area (Å²) in [5, 5.41) is 16.8. The van der Waals surface area contributed by atoms with Crippen LogP contribution in [0.1, 0.15) is 15.9 Å². The first kappa shape index (κ1) is 9.13. The van der Waals surface area contributed by atoms with Gasteiger partial charge < -0.3 is 5.11 Å². The van der Waals surface area contributed by atoms with Gasteiger partial charge in [-0.1, -0.05) is 0 Å². The van der Waals surface area contributed by atoms with Crippen LogP contribution >= 0.6 is 0 Å². The summed E-state index contributed by atoms with van der Waals surface area (Å²) in [6, 6.07) is 2.67. The van der Waals surface area contributed by atoms with E-state index in [9.17, 15) is 13.6 Å². The first-order chi connectivity index (χ1) is 6.07. The molecule has 3 nitrogen and oxygen atoms in total. The Morgan fingerprint density at radius 1 is 1.38 bits per heavy atom. The van der Waals surface area contributed by atoms with Crippen molar-refractivity contribution in [2.75, 3.05) is 0 Å². The van der Waals surface area contributed by atoms with Gasteiger partial charge in [-0.3, -0.25) is 0 Å². The molecule has 0 spiro atoms. The number of nitriles is 1. The number of benzene rings is 1. The van der Waals surface area contributed by atoms with Gasteiger partial charge in [-0.25, -0.2) is 13.6 Å². The molecular formula is C8H3F2NO2. The third-order valence-electron chi connectivity index (χ3n) is 1.43. The minimum atomic E-state index is -1.66. The average molecular weight is 183 g/mol. The maximum Gasteiger partial charge on any atom is 0.340 e. The molecule has 1 aromatic rings. The van der Waals surface area contributed by atoms with E-state index < -0.39 is 28.7 Å². The van der Waals surface area contributed by atoms with E-state index in [2.05, 4.69) is 0 Å². The maximum absolute atomic E-state index is 12.8. The van der Waals surface area contributed by atoms with Crippen LogP contribution in [0.4, 0.5) is 8.78 Å². The lowest BCUT2D eigenvalue weighted by molar-refractivity contribution is 0.0691. The monoisotopic (exact) mass is 183 g/mol. The molecule has 0 heterocycles. The lowest BCUT2D eigenvalue weighted by Crippen LogP contribution is -2.05. The second-order valence-electron chi connectivity index (χ2n) is 2.20. The highest BCUT2D eigenvalue weighted by Crippen LogP contribution is 2.16. The number of rotatable bonds is 1. The number of halogens is 2. The molecule has 0 radical (unpaired) electrons. The van der Waals surface area contributed by atoms with Crippen LogP contribution in [0, 0.1) is 23.0 Å². The van der Waals surface area contributed by atoms with E-state index in [1.807, 2.05) is 0 Å². The Hall–Kier alpha value is -1.96. The first-order valence-corrected chi connectivity index (χ1v) is 3.19. The van der Waals surface area contributed by atoms with Crippen LogP contribution in [-0.4, -0.2) is 11.1 Å². The zero-order chi connectivity index (χ0) is 10.0. The Morgan fingerprint density at radius 2 is 1.92 bits per heavy atom. The van der Waals surface area contributed by atoms with Crippen LogP contribution in [-0.2, 0) is 0 Å². The summed E-state index contributed by atoms with van der Waals surface area (Å²) in [5.74, 6) is -3.82. The number of hydrogen-bond acceptors (Lipinski definition) is 2. The Morgan fingerprint density at radius 3 is 2.31 bits per heavy atom. The van der Waals surface area contributed by atoms with Gasteiger partial charge in [0.05, 0.1) is 0 Å². The standard InChI is InChI=1S/C8H3F2NO2/c9-5-1-2-6(10)7(8(12)13)4(5)3-11/h1-2H,(H,12,13). The van der Waals surface area contributed by atoms with Crippen molar-refractivity contribution in [1.29, 1.82) is 5.26 Å². The second kappa shape index (κ2) is 3.19. The van der Waals surface area contributed by atoms with E-state index in [1.165, 1.54) is 6.07 Å². The minimum absolute atomic E-state index is 0.666. The van der Waals surface area contributed by atoms with Gasteiger partial charge in [-0.05, 0) is 12.1 Å². The molecule has 1 aromatic carbocycles. The summed E-state index contributed by atoms with van der Waals surface area (Å²) in [4.78, 5) is 10.4. The van der Waals surface area contributed by atoms with Crippen LogP contribution in [0.15, 0.2) is 12.1 Å². The normalized spacial score (nSPS) is 9.31. The molecule has 0 atom stereocenters. The van der Waals surface area contributed by atoms with Crippen LogP contribution in [0.3, 0.4) is 0 Å². The highest BCUT2D eigenvalue weighted by Gasteiger charge is 2.19. The first-order valence-electron chi connectivity index (χ1n) is 3.19. The average Bonchev–Trinajstić information content (AvgIpc) is 2.07. The van der Waals surface area contributed by atoms with Gasteiger partial charge in [-0.2, -0.15) is 5.26 Å². The molecule has 13 heavy (non-hydrogen) atoms. The summed E-state index contributed by atoms with van der Waals surface area (Å²) in [5.41, 5.74) is -1.71. The molecule has 0 aromatic heterocycles. The highest BCUT2D eigenvalue weighted by atomic mass is 19.1. The lowest BCUT2D eigenvalue weighted by atomic mass is 10.1. The molecule has 0 aliphatic carbocycles. The lowest BCUT2D eigenvalue weighted by Gasteiger charge is -1.99. The van der Waals surface area contributed by atoms with Crippen molar-refractivity contribution in [3.63, 3.8) is 0 Å². The van der Waals surface area contributed by atoms with Crippen molar-refractivity contribution < 1.29 is 18.7 Å². The summed E-state index contributed by atoms with van der Waals surface area (Å²) in [7, 11) is 0. The van der Waals surface area contributed by atoms with E-state index in [0.29, 0.717) is 12.1 Å². The zero-order valence-electron chi connectivity index (χ0n) is 6.21. The SMILES string of the molecule is N#Cc1c(F)ccc(F)c1C(=O)O. The largest absolute Gasteiger partial charge is 0.478 e. The summed E-state index contributed by atoms with van der Waals surface area (Å²) < 4.78 is 25.5. The number of hydrogen-bond donors (Lipinski definition) is 1. The van der Waals surface area contributed by atoms with E-state index in [1.54, 1.807) is 0 Å². The van der Waals surface area contributed by atoms with E-state index >= 15 is 0 Å². The molecule has 1 rings (SSSR count). The fraction of sp³-hybridized carbons (Fsp3) is 0. The van der Waals surface area contributed by atoms with Crippen molar-refractivity contribution in [3.8, 4) is 6.07 Å². The van der Waals surface area contributed by atoms with E-state index in [4.69, 9.17) is 10.4 Å². The van der Waals surface area contributed by atoms with Crippen LogP contribution < -0.4 is 0 Å². The Kier molecular flexibility index (Phi) is 2.24. The highest BCUT2D eigenvalue weighted by molar-refractivity contribution is 5.90. The maximum atomic E-state index is 12.8. The molecule has 0 saturated carbocycles. The number of carbonyl (C=O) groups is 1. The second-order valence-corrected chi connectivity index (χ2v) is 2.20. The molecule has 0 aliphatic rings. The van der Waals surface area contributed by atoms with Crippen molar-refractivity contribution in [3.05, 3.63) is 34.9 Å². The van der Waals surface area contributed by atoms with Gasteiger partial charge in [0.1, 0.15) is 28.8 Å². The Balaban J connectivity index is 3.55. The summed E-state index contributed by atoms with van der Waals surface area (Å²) in [6.07, 6.45) is 0. The number of nitrogens with zero attached hydrogens (tertiary/aromatic N) is 1. The van der Waals surface area contributed by atoms with Crippen LogP contribution in [0.2, 0.25) is 0 Å². The van der Waals surface area contributed by atoms with Gasteiger partial charge in [0.25, 0.3) is 0 Å². The Labute approximate surface area is 71.8 Å². The quantitative estimate of drug-likeness (QED) is 0.718. The van der Waals surface area contributed by atoms with Gasteiger partial charge in [0.15, 0.2) is 0 Å². The number of carboxylic acid groups (broad SMARTS) is 1. The van der Waals surface area contributed by atoms with Gasteiger partial charge >= 0.3 is 5.97 Å². The fourth-order valence-corrected chi connectivity index (χ4v) is 0.870. The van der Waals surface area contributed by atoms with Crippen LogP contribution in [0.25, 0.3) is 0 Å². The fourth-order valence-electron chi connectivity index (χ4n) is 0.870. The van der Waals surface area contributed by atoms with Gasteiger partial charge in [0, 0.05) is 0 Å². The molecule has 0 unspecified atom stereocenters. The molecule has 0 bridgehead atoms. The Bertz CT molecular complexity index is 409. The molecule has 0 aliphatic heterocycles. The zero-order valence-corrected chi connectivity index (χ0v) is 6.21. The van der Waals surface area contributed by atoms with Crippen LogP contribution in [0.5, 0.6) is 0 Å². The third kappa shape index (κ3) is 1.47. The predicted octanol–water partition coefficient (Wildman–Crippen LogP) is 1.53. The summed E-state index contributed by atoms with van der Waals surface area (Å²) in [6.45, 7) is 0. The van der Waals surface area contributed by atoms with E-state index in [0.717, 1.165) is 0 Å². The molecule has 66 valence electrons. The van der Waals surface area contributed by atoms with Crippen molar-refractivity contribution in [1.82, 2.24) is 0 Å². The molecule has 0 saturated heterocycles. The molecule has 5 heteroatoms. The minimum Gasteiger partial charge on any atom is -0.478 e. The van der Waals surface area contributed by atoms with Crippen molar-refractivity contribution >= 4 is 5.97 Å². The van der Waals surface area contributed by atoms with Gasteiger partial charge in [0.2, 0.25) is 0 Å². The van der Waals surface area contributed by atoms with Crippen molar-refractivity contribution in [2.45, 2.75) is 0 Å². The molecule has 0 fully saturated rings. The molecular weight excluding hydrogens is 180 g/mol. The third-order valence-corrected chi connectivity index (χ3v) is 1.43. The van der Waals surface area contributed by atoms with E-state index in [-0.39, 0.29) is 0 Å². The molecule has 1 N–H and O–H groups in total.